The van der Waals surface area contributed by atoms with Crippen molar-refractivity contribution in [3.63, 3.8) is 0 Å². The van der Waals surface area contributed by atoms with Gasteiger partial charge in [0.1, 0.15) is 6.04 Å². The standard InChI is InChI=1S/C17H23NO4S/c1-12-5-4-6-13(9-12)11-23(21,22)18-15-8-3-2-7-14(15)10-16(18)17(19)20/h4-6,9,14-16H,2-3,7-8,10-11H2,1H3,(H,19,20). The molecule has 2 aliphatic rings. The molecule has 0 aromatic heterocycles. The molecular formula is C17H23NO4S. The topological polar surface area (TPSA) is 74.7 Å². The molecule has 0 spiro atoms. The van der Waals surface area contributed by atoms with E-state index in [1.807, 2.05) is 25.1 Å². The van der Waals surface area contributed by atoms with E-state index in [2.05, 4.69) is 0 Å². The molecule has 126 valence electrons. The van der Waals surface area contributed by atoms with E-state index in [4.69, 9.17) is 0 Å². The lowest BCUT2D eigenvalue weighted by molar-refractivity contribution is -0.141. The SMILES string of the molecule is Cc1cccc(CS(=O)(=O)N2C(C(=O)O)CC3CCCCC32)c1. The van der Waals surface area contributed by atoms with Gasteiger partial charge in [0.25, 0.3) is 0 Å². The van der Waals surface area contributed by atoms with E-state index in [0.717, 1.165) is 31.2 Å². The zero-order chi connectivity index (χ0) is 16.6. The Morgan fingerprint density at radius 1 is 1.30 bits per heavy atom. The van der Waals surface area contributed by atoms with Gasteiger partial charge < -0.3 is 5.11 Å². The van der Waals surface area contributed by atoms with Gasteiger partial charge in [-0.05, 0) is 37.7 Å². The highest BCUT2D eigenvalue weighted by atomic mass is 32.2. The van der Waals surface area contributed by atoms with Crippen molar-refractivity contribution in [3.8, 4) is 0 Å². The second kappa shape index (κ2) is 6.24. The summed E-state index contributed by atoms with van der Waals surface area (Å²) in [5, 5.41) is 9.50. The van der Waals surface area contributed by atoms with Crippen LogP contribution in [-0.4, -0.2) is 35.9 Å². The number of aliphatic carboxylic acids is 1. The number of benzene rings is 1. The van der Waals surface area contributed by atoms with Crippen molar-refractivity contribution in [2.45, 2.75) is 56.9 Å². The lowest BCUT2D eigenvalue weighted by atomic mass is 9.85. The van der Waals surface area contributed by atoms with Gasteiger partial charge in [-0.1, -0.05) is 42.7 Å². The molecule has 2 fully saturated rings. The van der Waals surface area contributed by atoms with Crippen LogP contribution in [0.4, 0.5) is 0 Å². The fourth-order valence-corrected chi connectivity index (χ4v) is 6.12. The van der Waals surface area contributed by atoms with Crippen LogP contribution in [0.5, 0.6) is 0 Å². The van der Waals surface area contributed by atoms with Crippen LogP contribution in [0.1, 0.15) is 43.2 Å². The minimum absolute atomic E-state index is 0.123. The Hall–Kier alpha value is -1.40. The number of hydrogen-bond acceptors (Lipinski definition) is 3. The molecule has 3 rings (SSSR count). The third-order valence-electron chi connectivity index (χ3n) is 5.07. The smallest absolute Gasteiger partial charge is 0.322 e. The van der Waals surface area contributed by atoms with Crippen LogP contribution in [0.2, 0.25) is 0 Å². The molecule has 1 saturated carbocycles. The minimum atomic E-state index is -3.64. The lowest BCUT2D eigenvalue weighted by Gasteiger charge is -2.32. The molecule has 1 aliphatic heterocycles. The molecule has 5 nitrogen and oxygen atoms in total. The highest BCUT2D eigenvalue weighted by Gasteiger charge is 2.50. The zero-order valence-corrected chi connectivity index (χ0v) is 14.1. The van der Waals surface area contributed by atoms with Crippen LogP contribution in [-0.2, 0) is 20.6 Å². The molecule has 0 radical (unpaired) electrons. The van der Waals surface area contributed by atoms with Crippen molar-refractivity contribution >= 4 is 16.0 Å². The number of nitrogens with zero attached hydrogens (tertiary/aromatic N) is 1. The predicted molar refractivity (Wildman–Crippen MR) is 87.4 cm³/mol. The van der Waals surface area contributed by atoms with E-state index >= 15 is 0 Å². The van der Waals surface area contributed by atoms with Crippen LogP contribution in [0.3, 0.4) is 0 Å². The van der Waals surface area contributed by atoms with E-state index in [9.17, 15) is 18.3 Å². The van der Waals surface area contributed by atoms with Crippen LogP contribution >= 0.6 is 0 Å². The molecule has 23 heavy (non-hydrogen) atoms. The van der Waals surface area contributed by atoms with Crippen molar-refractivity contribution in [2.75, 3.05) is 0 Å². The van der Waals surface area contributed by atoms with Gasteiger partial charge in [-0.3, -0.25) is 4.79 Å². The first kappa shape index (κ1) is 16.5. The fourth-order valence-electron chi connectivity index (χ4n) is 4.12. The van der Waals surface area contributed by atoms with Gasteiger partial charge in [-0.25, -0.2) is 8.42 Å². The highest BCUT2D eigenvalue weighted by Crippen LogP contribution is 2.41. The summed E-state index contributed by atoms with van der Waals surface area (Å²) in [6.45, 7) is 1.92. The summed E-state index contributed by atoms with van der Waals surface area (Å²) in [6.07, 6.45) is 4.21. The lowest BCUT2D eigenvalue weighted by Crippen LogP contribution is -2.46. The summed E-state index contributed by atoms with van der Waals surface area (Å²) >= 11 is 0. The predicted octanol–water partition coefficient (Wildman–Crippen LogP) is 2.54. The van der Waals surface area contributed by atoms with E-state index in [1.165, 1.54) is 4.31 Å². The minimum Gasteiger partial charge on any atom is -0.480 e. The Labute approximate surface area is 137 Å². The Morgan fingerprint density at radius 3 is 2.74 bits per heavy atom. The number of carboxylic acids is 1. The normalized spacial score (nSPS) is 28.5. The molecule has 3 atom stereocenters. The summed E-state index contributed by atoms with van der Waals surface area (Å²) in [6, 6.07) is 6.35. The molecule has 1 aliphatic carbocycles. The average molecular weight is 337 g/mol. The maximum Gasteiger partial charge on any atom is 0.322 e. The number of rotatable bonds is 4. The van der Waals surface area contributed by atoms with Gasteiger partial charge in [0, 0.05) is 6.04 Å². The summed E-state index contributed by atoms with van der Waals surface area (Å²) in [7, 11) is -3.64. The Morgan fingerprint density at radius 2 is 2.04 bits per heavy atom. The molecule has 1 N–H and O–H groups in total. The van der Waals surface area contributed by atoms with Crippen LogP contribution < -0.4 is 0 Å². The molecule has 1 aromatic rings. The first-order valence-electron chi connectivity index (χ1n) is 8.18. The van der Waals surface area contributed by atoms with Gasteiger partial charge in [-0.15, -0.1) is 0 Å². The summed E-state index contributed by atoms with van der Waals surface area (Å²) in [5.41, 5.74) is 1.72. The number of hydrogen-bond donors (Lipinski definition) is 1. The number of carbonyl (C=O) groups is 1. The number of aryl methyl sites for hydroxylation is 1. The van der Waals surface area contributed by atoms with Gasteiger partial charge in [0.15, 0.2) is 0 Å². The largest absolute Gasteiger partial charge is 0.480 e. The van der Waals surface area contributed by atoms with E-state index < -0.39 is 22.0 Å². The third kappa shape index (κ3) is 3.28. The first-order chi connectivity index (χ1) is 10.9. The van der Waals surface area contributed by atoms with Crippen molar-refractivity contribution < 1.29 is 18.3 Å². The third-order valence-corrected chi connectivity index (χ3v) is 6.93. The summed E-state index contributed by atoms with van der Waals surface area (Å²) in [4.78, 5) is 11.6. The number of fused-ring (bicyclic) bond motifs is 1. The highest BCUT2D eigenvalue weighted by molar-refractivity contribution is 7.88. The zero-order valence-electron chi connectivity index (χ0n) is 13.3. The fraction of sp³-hybridized carbons (Fsp3) is 0.588. The molecule has 1 aromatic carbocycles. The molecule has 1 saturated heterocycles. The average Bonchev–Trinajstić information content (AvgIpc) is 2.87. The van der Waals surface area contributed by atoms with E-state index in [-0.39, 0.29) is 17.7 Å². The molecular weight excluding hydrogens is 314 g/mol. The van der Waals surface area contributed by atoms with Crippen molar-refractivity contribution in [1.29, 1.82) is 0 Å². The Balaban J connectivity index is 1.90. The van der Waals surface area contributed by atoms with Crippen molar-refractivity contribution in [2.24, 2.45) is 5.92 Å². The molecule has 0 bridgehead atoms. The van der Waals surface area contributed by atoms with E-state index in [0.29, 0.717) is 12.0 Å². The number of sulfonamides is 1. The van der Waals surface area contributed by atoms with Crippen molar-refractivity contribution in [3.05, 3.63) is 35.4 Å². The first-order valence-corrected chi connectivity index (χ1v) is 9.79. The Kier molecular flexibility index (Phi) is 4.47. The van der Waals surface area contributed by atoms with E-state index in [1.54, 1.807) is 6.07 Å². The van der Waals surface area contributed by atoms with Crippen LogP contribution in [0.25, 0.3) is 0 Å². The molecule has 1 heterocycles. The summed E-state index contributed by atoms with van der Waals surface area (Å²) in [5.74, 6) is -0.953. The van der Waals surface area contributed by atoms with Crippen LogP contribution in [0, 0.1) is 12.8 Å². The van der Waals surface area contributed by atoms with Gasteiger partial charge >= 0.3 is 5.97 Å². The maximum absolute atomic E-state index is 12.9. The quantitative estimate of drug-likeness (QED) is 0.916. The molecule has 6 heteroatoms. The maximum atomic E-state index is 12.9. The second-order valence-electron chi connectivity index (χ2n) is 6.78. The van der Waals surface area contributed by atoms with Crippen molar-refractivity contribution in [1.82, 2.24) is 4.31 Å². The number of carboxylic acid groups (broad SMARTS) is 1. The van der Waals surface area contributed by atoms with Gasteiger partial charge in [0.2, 0.25) is 10.0 Å². The van der Waals surface area contributed by atoms with Crippen LogP contribution in [0.15, 0.2) is 24.3 Å². The Bertz CT molecular complexity index is 700. The summed E-state index contributed by atoms with van der Waals surface area (Å²) < 4.78 is 27.2. The second-order valence-corrected chi connectivity index (χ2v) is 8.65. The molecule has 0 amide bonds. The molecule has 3 unspecified atom stereocenters. The monoisotopic (exact) mass is 337 g/mol. The van der Waals surface area contributed by atoms with Gasteiger partial charge in [0.05, 0.1) is 5.75 Å². The van der Waals surface area contributed by atoms with Gasteiger partial charge in [-0.2, -0.15) is 4.31 Å².